The Bertz CT molecular complexity index is 526. The number of sulfonamides is 1. The van der Waals surface area contributed by atoms with Crippen LogP contribution in [0.15, 0.2) is 32.0 Å². The first-order valence-corrected chi connectivity index (χ1v) is 6.18. The van der Waals surface area contributed by atoms with Crippen LogP contribution in [0.4, 0.5) is 5.69 Å². The van der Waals surface area contributed by atoms with Gasteiger partial charge in [0.1, 0.15) is 4.90 Å². The van der Waals surface area contributed by atoms with Crippen LogP contribution in [-0.4, -0.2) is 13.7 Å². The third-order valence-electron chi connectivity index (χ3n) is 1.68. The van der Waals surface area contributed by atoms with Crippen LogP contribution >= 0.6 is 27.5 Å². The summed E-state index contributed by atoms with van der Waals surface area (Å²) >= 11 is 8.76. The van der Waals surface area contributed by atoms with Crippen LogP contribution in [0.3, 0.4) is 0 Å². The number of fused-ring (bicyclic) bond motifs is 1. The topological polar surface area (TPSA) is 58.5 Å². The van der Waals surface area contributed by atoms with E-state index in [1.165, 1.54) is 6.07 Å². The first-order chi connectivity index (χ1) is 6.50. The van der Waals surface area contributed by atoms with E-state index in [2.05, 4.69) is 25.6 Å². The van der Waals surface area contributed by atoms with Crippen molar-refractivity contribution >= 4 is 48.5 Å². The molecule has 7 heteroatoms. The van der Waals surface area contributed by atoms with Crippen molar-refractivity contribution < 1.29 is 8.42 Å². The zero-order chi connectivity index (χ0) is 10.3. The first-order valence-electron chi connectivity index (χ1n) is 3.57. The predicted molar refractivity (Wildman–Crippen MR) is 58.2 cm³/mol. The maximum Gasteiger partial charge on any atom is 0.287 e. The molecule has 1 N–H and O–H groups in total. The summed E-state index contributed by atoms with van der Waals surface area (Å²) in [6.07, 6.45) is 0. The second-order valence-electron chi connectivity index (χ2n) is 2.60. The summed E-state index contributed by atoms with van der Waals surface area (Å²) in [5.41, 5.74) is 0.424. The van der Waals surface area contributed by atoms with Crippen molar-refractivity contribution in [2.45, 2.75) is 4.90 Å². The van der Waals surface area contributed by atoms with E-state index < -0.39 is 10.0 Å². The normalized spacial score (nSPS) is 18.0. The largest absolute Gasteiger partial charge is 0.328 e. The highest BCUT2D eigenvalue weighted by atomic mass is 79.9. The molecule has 1 aromatic rings. The van der Waals surface area contributed by atoms with Gasteiger partial charge < -0.3 is 5.32 Å². The number of rotatable bonds is 0. The van der Waals surface area contributed by atoms with Crippen LogP contribution in [0.2, 0.25) is 0 Å². The van der Waals surface area contributed by atoms with Gasteiger partial charge in [-0.05, 0) is 39.7 Å². The summed E-state index contributed by atoms with van der Waals surface area (Å²) in [6, 6.07) is 4.81. The van der Waals surface area contributed by atoms with Gasteiger partial charge in [0, 0.05) is 4.47 Å². The molecule has 0 amide bonds. The lowest BCUT2D eigenvalue weighted by atomic mass is 10.3. The van der Waals surface area contributed by atoms with Crippen LogP contribution in [0.1, 0.15) is 0 Å². The van der Waals surface area contributed by atoms with Gasteiger partial charge in [0.25, 0.3) is 10.0 Å². The Morgan fingerprint density at radius 1 is 1.43 bits per heavy atom. The zero-order valence-corrected chi connectivity index (χ0v) is 9.82. The lowest BCUT2D eigenvalue weighted by molar-refractivity contribution is 0.598. The molecule has 0 aliphatic carbocycles. The number of halogens is 2. The first kappa shape index (κ1) is 9.95. The number of amidine groups is 1. The van der Waals surface area contributed by atoms with E-state index in [4.69, 9.17) is 11.6 Å². The summed E-state index contributed by atoms with van der Waals surface area (Å²) in [6.45, 7) is 0. The number of hydrogen-bond acceptors (Lipinski definition) is 3. The van der Waals surface area contributed by atoms with Crippen molar-refractivity contribution in [1.82, 2.24) is 0 Å². The zero-order valence-electron chi connectivity index (χ0n) is 6.66. The van der Waals surface area contributed by atoms with Gasteiger partial charge in [-0.3, -0.25) is 0 Å². The molecule has 0 saturated carbocycles. The molecule has 0 unspecified atom stereocenters. The van der Waals surface area contributed by atoms with E-state index in [1.807, 2.05) is 0 Å². The van der Waals surface area contributed by atoms with Gasteiger partial charge in [-0.1, -0.05) is 6.07 Å². The molecular formula is C7H4BrClN2O2S. The Balaban J connectivity index is 2.78. The van der Waals surface area contributed by atoms with Crippen LogP contribution in [0.5, 0.6) is 0 Å². The summed E-state index contributed by atoms with van der Waals surface area (Å²) in [4.78, 5) is 0.122. The molecule has 0 aromatic heterocycles. The maximum atomic E-state index is 11.5. The fourth-order valence-corrected chi connectivity index (χ4v) is 3.11. The van der Waals surface area contributed by atoms with Gasteiger partial charge in [0.15, 0.2) is 0 Å². The minimum absolute atomic E-state index is 0.122. The van der Waals surface area contributed by atoms with Gasteiger partial charge >= 0.3 is 0 Å². The highest BCUT2D eigenvalue weighted by molar-refractivity contribution is 9.10. The minimum Gasteiger partial charge on any atom is -0.328 e. The second kappa shape index (κ2) is 3.22. The molecule has 0 fully saturated rings. The molecule has 1 aliphatic heterocycles. The predicted octanol–water partition coefficient (Wildman–Crippen LogP) is 2.16. The minimum atomic E-state index is -3.65. The average Bonchev–Trinajstić information content (AvgIpc) is 2.05. The second-order valence-corrected chi connectivity index (χ2v) is 5.38. The van der Waals surface area contributed by atoms with Gasteiger partial charge in [-0.2, -0.15) is 8.42 Å². The van der Waals surface area contributed by atoms with Crippen molar-refractivity contribution in [2.75, 3.05) is 5.32 Å². The van der Waals surface area contributed by atoms with E-state index in [0.717, 1.165) is 0 Å². The SMILES string of the molecule is O=S1(=O)N=C(Cl)Nc2c(Br)cccc21. The quantitative estimate of drug-likeness (QED) is 0.746. The Hall–Kier alpha value is -0.590. The van der Waals surface area contributed by atoms with Crippen molar-refractivity contribution in [3.63, 3.8) is 0 Å². The monoisotopic (exact) mass is 294 g/mol. The van der Waals surface area contributed by atoms with E-state index in [1.54, 1.807) is 12.1 Å². The Morgan fingerprint density at radius 3 is 2.86 bits per heavy atom. The maximum absolute atomic E-state index is 11.5. The highest BCUT2D eigenvalue weighted by Gasteiger charge is 2.25. The summed E-state index contributed by atoms with van der Waals surface area (Å²) in [5, 5.41) is 2.52. The Morgan fingerprint density at radius 2 is 2.14 bits per heavy atom. The van der Waals surface area contributed by atoms with Crippen molar-refractivity contribution in [1.29, 1.82) is 0 Å². The third kappa shape index (κ3) is 1.53. The van der Waals surface area contributed by atoms with Gasteiger partial charge in [0.05, 0.1) is 5.69 Å². The third-order valence-corrected chi connectivity index (χ3v) is 3.94. The molecule has 0 atom stereocenters. The van der Waals surface area contributed by atoms with Crippen LogP contribution in [-0.2, 0) is 10.0 Å². The number of nitrogens with zero attached hydrogens (tertiary/aromatic N) is 1. The number of anilines is 1. The summed E-state index contributed by atoms with van der Waals surface area (Å²) in [7, 11) is -3.65. The molecule has 14 heavy (non-hydrogen) atoms. The molecule has 0 spiro atoms. The van der Waals surface area contributed by atoms with E-state index in [9.17, 15) is 8.42 Å². The molecule has 1 aromatic carbocycles. The lowest BCUT2D eigenvalue weighted by Gasteiger charge is -2.15. The van der Waals surface area contributed by atoms with Crippen molar-refractivity contribution in [2.24, 2.45) is 4.40 Å². The van der Waals surface area contributed by atoms with Crippen molar-refractivity contribution in [3.05, 3.63) is 22.7 Å². The molecule has 0 bridgehead atoms. The molecule has 74 valence electrons. The highest BCUT2D eigenvalue weighted by Crippen LogP contribution is 2.33. The fraction of sp³-hybridized carbons (Fsp3) is 0. The number of benzene rings is 1. The summed E-state index contributed by atoms with van der Waals surface area (Å²) < 4.78 is 27.0. The number of hydrogen-bond donors (Lipinski definition) is 1. The van der Waals surface area contributed by atoms with E-state index in [0.29, 0.717) is 10.2 Å². The lowest BCUT2D eigenvalue weighted by Crippen LogP contribution is -2.17. The fourth-order valence-electron chi connectivity index (χ4n) is 1.12. The summed E-state index contributed by atoms with van der Waals surface area (Å²) in [5.74, 6) is 0. The van der Waals surface area contributed by atoms with Gasteiger partial charge in [0.2, 0.25) is 5.29 Å². The van der Waals surface area contributed by atoms with Crippen LogP contribution in [0, 0.1) is 0 Å². The standard InChI is InChI=1S/C7H4BrClN2O2S/c8-4-2-1-3-5-6(4)10-7(9)11-14(5,12)13/h1-3H,(H,10,11). The van der Waals surface area contributed by atoms with E-state index >= 15 is 0 Å². The molecule has 4 nitrogen and oxygen atoms in total. The van der Waals surface area contributed by atoms with E-state index in [-0.39, 0.29) is 10.2 Å². The van der Waals surface area contributed by atoms with Crippen molar-refractivity contribution in [3.8, 4) is 0 Å². The van der Waals surface area contributed by atoms with Crippen LogP contribution in [0.25, 0.3) is 0 Å². The van der Waals surface area contributed by atoms with Crippen LogP contribution < -0.4 is 5.32 Å². The Kier molecular flexibility index (Phi) is 2.29. The number of nitrogens with one attached hydrogen (secondary N) is 1. The molecule has 0 radical (unpaired) electrons. The molecule has 0 saturated heterocycles. The average molecular weight is 296 g/mol. The van der Waals surface area contributed by atoms with Gasteiger partial charge in [-0.15, -0.1) is 4.40 Å². The molecular weight excluding hydrogens is 292 g/mol. The molecule has 1 heterocycles. The smallest absolute Gasteiger partial charge is 0.287 e. The number of para-hydroxylation sites is 1. The Labute approximate surface area is 94.2 Å². The molecule has 2 rings (SSSR count). The van der Waals surface area contributed by atoms with Gasteiger partial charge in [-0.25, -0.2) is 0 Å². The molecule has 1 aliphatic rings.